The lowest BCUT2D eigenvalue weighted by Gasteiger charge is -2.13. The summed E-state index contributed by atoms with van der Waals surface area (Å²) in [5, 5.41) is 1.89. The normalized spacial score (nSPS) is 12.5. The van der Waals surface area contributed by atoms with E-state index in [-0.39, 0.29) is 11.9 Å². The Hall–Kier alpha value is -1.39. The van der Waals surface area contributed by atoms with Crippen LogP contribution in [0.15, 0.2) is 29.6 Å². The number of thiophene rings is 1. The average Bonchev–Trinajstić information content (AvgIpc) is 2.80. The number of hydrogen-bond donors (Lipinski definition) is 1. The number of methoxy groups -OCH3 is 1. The van der Waals surface area contributed by atoms with E-state index in [1.165, 1.54) is 23.5 Å². The van der Waals surface area contributed by atoms with Crippen LogP contribution < -0.4 is 10.5 Å². The molecule has 17 heavy (non-hydrogen) atoms. The molecule has 90 valence electrons. The van der Waals surface area contributed by atoms with Crippen molar-refractivity contribution in [2.75, 3.05) is 7.11 Å². The van der Waals surface area contributed by atoms with Gasteiger partial charge in [0.2, 0.25) is 0 Å². The van der Waals surface area contributed by atoms with Crippen LogP contribution in [0.25, 0.3) is 0 Å². The summed E-state index contributed by atoms with van der Waals surface area (Å²) in [6.07, 6.45) is 0. The van der Waals surface area contributed by atoms with Crippen molar-refractivity contribution in [2.24, 2.45) is 5.73 Å². The van der Waals surface area contributed by atoms with Gasteiger partial charge >= 0.3 is 0 Å². The number of hydrogen-bond acceptors (Lipinski definition) is 3. The summed E-state index contributed by atoms with van der Waals surface area (Å²) in [6, 6.07) is 6.27. The van der Waals surface area contributed by atoms with Crippen molar-refractivity contribution >= 4 is 11.3 Å². The summed E-state index contributed by atoms with van der Waals surface area (Å²) in [4.78, 5) is 0.968. The van der Waals surface area contributed by atoms with Gasteiger partial charge in [-0.2, -0.15) is 0 Å². The first-order chi connectivity index (χ1) is 8.11. The monoisotopic (exact) mass is 251 g/mol. The predicted molar refractivity (Wildman–Crippen MR) is 68.0 cm³/mol. The van der Waals surface area contributed by atoms with Gasteiger partial charge in [-0.25, -0.2) is 4.39 Å². The molecule has 0 amide bonds. The largest absolute Gasteiger partial charge is 0.496 e. The number of benzene rings is 1. The van der Waals surface area contributed by atoms with Gasteiger partial charge in [0.1, 0.15) is 11.6 Å². The zero-order chi connectivity index (χ0) is 12.4. The fourth-order valence-electron chi connectivity index (χ4n) is 1.70. The molecule has 2 rings (SSSR count). The highest BCUT2D eigenvalue weighted by Gasteiger charge is 2.14. The van der Waals surface area contributed by atoms with Crippen molar-refractivity contribution in [3.63, 3.8) is 0 Å². The number of nitrogens with two attached hydrogens (primary N) is 1. The van der Waals surface area contributed by atoms with Crippen LogP contribution in [-0.2, 0) is 0 Å². The van der Waals surface area contributed by atoms with E-state index in [4.69, 9.17) is 10.5 Å². The van der Waals surface area contributed by atoms with Gasteiger partial charge in [-0.05, 0) is 36.2 Å². The Bertz CT molecular complexity index is 524. The minimum absolute atomic E-state index is 0.260. The lowest BCUT2D eigenvalue weighted by Crippen LogP contribution is -2.12. The molecule has 4 heteroatoms. The summed E-state index contributed by atoms with van der Waals surface area (Å²) < 4.78 is 18.3. The summed E-state index contributed by atoms with van der Waals surface area (Å²) in [5.41, 5.74) is 7.95. The number of aryl methyl sites for hydroxylation is 1. The molecule has 0 saturated carbocycles. The highest BCUT2D eigenvalue weighted by Crippen LogP contribution is 2.31. The maximum Gasteiger partial charge on any atom is 0.129 e. The minimum Gasteiger partial charge on any atom is -0.496 e. The molecule has 1 heterocycles. The lowest BCUT2D eigenvalue weighted by atomic mass is 10.0. The summed E-state index contributed by atoms with van der Waals surface area (Å²) in [7, 11) is 1.62. The van der Waals surface area contributed by atoms with Gasteiger partial charge in [0, 0.05) is 10.3 Å². The predicted octanol–water partition coefficient (Wildman–Crippen LogP) is 3.25. The van der Waals surface area contributed by atoms with Crippen LogP contribution in [0.5, 0.6) is 5.75 Å². The fraction of sp³-hybridized carbons (Fsp3) is 0.231. The fourth-order valence-corrected chi connectivity index (χ4v) is 2.58. The third-order valence-electron chi connectivity index (χ3n) is 2.71. The molecule has 0 spiro atoms. The maximum absolute atomic E-state index is 13.2. The number of rotatable bonds is 3. The zero-order valence-corrected chi connectivity index (χ0v) is 10.6. The van der Waals surface area contributed by atoms with Gasteiger partial charge in [-0.15, -0.1) is 11.3 Å². The van der Waals surface area contributed by atoms with Crippen LogP contribution >= 0.6 is 11.3 Å². The van der Waals surface area contributed by atoms with E-state index in [0.717, 1.165) is 21.8 Å². The Morgan fingerprint density at radius 1 is 1.35 bits per heavy atom. The van der Waals surface area contributed by atoms with Crippen LogP contribution in [0.1, 0.15) is 22.0 Å². The van der Waals surface area contributed by atoms with Crippen LogP contribution in [0.4, 0.5) is 4.39 Å². The second-order valence-electron chi connectivity index (χ2n) is 3.87. The molecule has 2 N–H and O–H groups in total. The summed E-state index contributed by atoms with van der Waals surface area (Å²) in [6.45, 7) is 1.93. The van der Waals surface area contributed by atoms with Gasteiger partial charge in [0.15, 0.2) is 0 Å². The smallest absolute Gasteiger partial charge is 0.129 e. The minimum atomic E-state index is -0.306. The molecule has 0 bridgehead atoms. The van der Waals surface area contributed by atoms with Crippen molar-refractivity contribution in [2.45, 2.75) is 13.0 Å². The molecule has 1 unspecified atom stereocenters. The maximum atomic E-state index is 13.2. The summed E-state index contributed by atoms with van der Waals surface area (Å²) >= 11 is 1.52. The average molecular weight is 251 g/mol. The quantitative estimate of drug-likeness (QED) is 0.908. The molecule has 0 radical (unpaired) electrons. The number of halogens is 1. The van der Waals surface area contributed by atoms with Crippen molar-refractivity contribution in [1.82, 2.24) is 0 Å². The van der Waals surface area contributed by atoms with E-state index in [1.54, 1.807) is 13.2 Å². The van der Waals surface area contributed by atoms with Crippen LogP contribution in [-0.4, -0.2) is 7.11 Å². The second kappa shape index (κ2) is 4.85. The van der Waals surface area contributed by atoms with Gasteiger partial charge in [0.25, 0.3) is 0 Å². The van der Waals surface area contributed by atoms with Crippen molar-refractivity contribution < 1.29 is 9.13 Å². The molecule has 0 aliphatic heterocycles. The van der Waals surface area contributed by atoms with Crippen LogP contribution in [0, 0.1) is 12.7 Å². The highest BCUT2D eigenvalue weighted by atomic mass is 32.1. The first-order valence-electron chi connectivity index (χ1n) is 5.26. The van der Waals surface area contributed by atoms with Gasteiger partial charge < -0.3 is 10.5 Å². The Morgan fingerprint density at radius 2 is 2.12 bits per heavy atom. The standard InChI is InChI=1S/C13H14FNOS/c1-8-3-4-9(14)5-11(8)13(15)12-6-10(16-2)7-17-12/h3-7,13H,15H2,1-2H3. The molecule has 0 saturated heterocycles. The first kappa shape index (κ1) is 12.1. The van der Waals surface area contributed by atoms with E-state index in [0.29, 0.717) is 0 Å². The third-order valence-corrected chi connectivity index (χ3v) is 3.71. The van der Waals surface area contributed by atoms with Gasteiger partial charge in [-0.3, -0.25) is 0 Å². The Balaban J connectivity index is 2.35. The molecule has 0 aliphatic rings. The van der Waals surface area contributed by atoms with E-state index in [1.807, 2.05) is 18.4 Å². The topological polar surface area (TPSA) is 35.2 Å². The second-order valence-corrected chi connectivity index (χ2v) is 4.81. The van der Waals surface area contributed by atoms with Gasteiger partial charge in [0.05, 0.1) is 13.2 Å². The van der Waals surface area contributed by atoms with E-state index in [9.17, 15) is 4.39 Å². The van der Waals surface area contributed by atoms with Crippen molar-refractivity contribution in [3.8, 4) is 5.75 Å². The SMILES string of the molecule is COc1csc(C(N)c2cc(F)ccc2C)c1. The van der Waals surface area contributed by atoms with Crippen molar-refractivity contribution in [1.29, 1.82) is 0 Å². The molecule has 0 fully saturated rings. The molecular weight excluding hydrogens is 237 g/mol. The lowest BCUT2D eigenvalue weighted by molar-refractivity contribution is 0.416. The van der Waals surface area contributed by atoms with E-state index < -0.39 is 0 Å². The molecule has 1 atom stereocenters. The Labute approximate surface area is 104 Å². The first-order valence-corrected chi connectivity index (χ1v) is 6.14. The highest BCUT2D eigenvalue weighted by molar-refractivity contribution is 7.10. The summed E-state index contributed by atoms with van der Waals surface area (Å²) in [5.74, 6) is 0.527. The molecular formula is C13H14FNOS. The van der Waals surface area contributed by atoms with Crippen LogP contribution in [0.3, 0.4) is 0 Å². The van der Waals surface area contributed by atoms with Crippen molar-refractivity contribution in [3.05, 3.63) is 51.5 Å². The van der Waals surface area contributed by atoms with E-state index >= 15 is 0 Å². The molecule has 2 nitrogen and oxygen atoms in total. The molecule has 0 aliphatic carbocycles. The molecule has 1 aromatic heterocycles. The number of ether oxygens (including phenoxy) is 1. The molecule has 1 aromatic carbocycles. The van der Waals surface area contributed by atoms with Crippen LogP contribution in [0.2, 0.25) is 0 Å². The Kier molecular flexibility index (Phi) is 3.45. The molecule has 2 aromatic rings. The van der Waals surface area contributed by atoms with E-state index in [2.05, 4.69) is 0 Å². The van der Waals surface area contributed by atoms with Gasteiger partial charge in [-0.1, -0.05) is 6.07 Å². The third kappa shape index (κ3) is 2.48. The zero-order valence-electron chi connectivity index (χ0n) is 9.74. The Morgan fingerprint density at radius 3 is 2.76 bits per heavy atom.